The molecule has 0 radical (unpaired) electrons. The van der Waals surface area contributed by atoms with Crippen molar-refractivity contribution in [3.05, 3.63) is 71.0 Å². The molecule has 4 aromatic rings. The fraction of sp³-hybridized carbons (Fsp3) is 0.486. The fourth-order valence-corrected chi connectivity index (χ4v) is 6.71. The molecule has 46 heavy (non-hydrogen) atoms. The van der Waals surface area contributed by atoms with Crippen molar-refractivity contribution in [1.29, 1.82) is 5.26 Å². The van der Waals surface area contributed by atoms with Crippen LogP contribution in [0.3, 0.4) is 0 Å². The fourth-order valence-electron chi connectivity index (χ4n) is 5.62. The molecule has 5 rings (SSSR count). The van der Waals surface area contributed by atoms with Gasteiger partial charge in [0.2, 0.25) is 5.82 Å². The number of nitrogens with one attached hydrogen (secondary N) is 1. The first-order valence-electron chi connectivity index (χ1n) is 16.0. The van der Waals surface area contributed by atoms with E-state index in [0.29, 0.717) is 40.9 Å². The number of anilines is 1. The van der Waals surface area contributed by atoms with Gasteiger partial charge in [0, 0.05) is 24.8 Å². The number of halogens is 3. The number of fused-ring (bicyclic) bond motifs is 1. The van der Waals surface area contributed by atoms with Gasteiger partial charge in [0.05, 0.1) is 5.56 Å². The van der Waals surface area contributed by atoms with E-state index >= 15 is 0 Å². The molecule has 1 aliphatic carbocycles. The number of benzene rings is 2. The van der Waals surface area contributed by atoms with Gasteiger partial charge in [-0.3, -0.25) is 0 Å². The highest BCUT2D eigenvalue weighted by Gasteiger charge is 2.37. The summed E-state index contributed by atoms with van der Waals surface area (Å²) in [7, 11) is -1.86. The van der Waals surface area contributed by atoms with Crippen LogP contribution in [0.1, 0.15) is 75.4 Å². The summed E-state index contributed by atoms with van der Waals surface area (Å²) < 4.78 is 48.4. The largest absolute Gasteiger partial charge is 0.417 e. The van der Waals surface area contributed by atoms with Gasteiger partial charge < -0.3 is 14.3 Å². The lowest BCUT2D eigenvalue weighted by Crippen LogP contribution is -2.41. The second kappa shape index (κ2) is 13.2. The van der Waals surface area contributed by atoms with Gasteiger partial charge in [-0.05, 0) is 80.4 Å². The standard InChI is InChI=1S/C35H43F3N6OSi/c1-23-10-7-13-26(20-23)33-43-32-30(44(33)22-24-15-17-27(18-16-24)35(36,37)38)31(41-29(21-39)42-32)40-28(25-11-8-12-25)14-9-19-45-46(5,6)34(2,3)4/h7,10,13,15-18,20,25,28H,8-9,11-12,14,19,22H2,1-6H3,(H,40,41,42)/t28-/m1/s1. The lowest BCUT2D eigenvalue weighted by Gasteiger charge is -2.37. The van der Waals surface area contributed by atoms with E-state index in [-0.39, 0.29) is 23.4 Å². The van der Waals surface area contributed by atoms with Gasteiger partial charge in [-0.25, -0.2) is 4.98 Å². The summed E-state index contributed by atoms with van der Waals surface area (Å²) in [5.74, 6) is 1.60. The third kappa shape index (κ3) is 7.45. The molecule has 11 heteroatoms. The van der Waals surface area contributed by atoms with E-state index in [1.165, 1.54) is 18.6 Å². The van der Waals surface area contributed by atoms with Crippen LogP contribution in [0.2, 0.25) is 18.1 Å². The van der Waals surface area contributed by atoms with Gasteiger partial charge in [0.25, 0.3) is 0 Å². The molecule has 1 atom stereocenters. The number of imidazole rings is 1. The number of nitrogens with zero attached hydrogens (tertiary/aromatic N) is 5. The van der Waals surface area contributed by atoms with E-state index < -0.39 is 20.1 Å². The Balaban J connectivity index is 1.53. The minimum atomic E-state index is -4.42. The average molecular weight is 649 g/mol. The van der Waals surface area contributed by atoms with Crippen LogP contribution >= 0.6 is 0 Å². The molecule has 0 aliphatic heterocycles. The minimum absolute atomic E-state index is 0.0126. The quantitative estimate of drug-likeness (QED) is 0.129. The van der Waals surface area contributed by atoms with Crippen molar-refractivity contribution in [3.8, 4) is 17.5 Å². The van der Waals surface area contributed by atoms with Crippen LogP contribution < -0.4 is 5.32 Å². The van der Waals surface area contributed by atoms with Gasteiger partial charge in [-0.1, -0.05) is 63.1 Å². The zero-order chi connectivity index (χ0) is 33.3. The van der Waals surface area contributed by atoms with Crippen LogP contribution in [0, 0.1) is 24.2 Å². The number of rotatable bonds is 11. The molecule has 0 bridgehead atoms. The first-order chi connectivity index (χ1) is 21.7. The van der Waals surface area contributed by atoms with E-state index in [0.717, 1.165) is 48.9 Å². The van der Waals surface area contributed by atoms with Gasteiger partial charge in [0.15, 0.2) is 19.8 Å². The van der Waals surface area contributed by atoms with Crippen molar-refractivity contribution in [1.82, 2.24) is 19.5 Å². The van der Waals surface area contributed by atoms with Crippen LogP contribution in [-0.2, 0) is 17.1 Å². The van der Waals surface area contributed by atoms with E-state index in [4.69, 9.17) is 9.41 Å². The Bertz CT molecular complexity index is 1720. The molecule has 0 unspecified atom stereocenters. The van der Waals surface area contributed by atoms with Crippen molar-refractivity contribution in [2.45, 2.75) is 96.7 Å². The topological polar surface area (TPSA) is 88.7 Å². The molecule has 7 nitrogen and oxygen atoms in total. The number of hydrogen-bond acceptors (Lipinski definition) is 6. The van der Waals surface area contributed by atoms with E-state index in [2.05, 4.69) is 55.2 Å². The van der Waals surface area contributed by atoms with Crippen molar-refractivity contribution >= 4 is 25.3 Å². The maximum absolute atomic E-state index is 13.3. The van der Waals surface area contributed by atoms with E-state index in [1.807, 2.05) is 35.8 Å². The molecule has 2 aromatic carbocycles. The van der Waals surface area contributed by atoms with Crippen LogP contribution in [0.5, 0.6) is 0 Å². The number of nitriles is 1. The number of aryl methyl sites for hydroxylation is 1. The number of hydrogen-bond donors (Lipinski definition) is 1. The summed E-state index contributed by atoms with van der Waals surface area (Å²) >= 11 is 0. The van der Waals surface area contributed by atoms with Crippen molar-refractivity contribution < 1.29 is 17.6 Å². The number of aromatic nitrogens is 4. The summed E-state index contributed by atoms with van der Waals surface area (Å²) in [5.41, 5.74) is 2.85. The number of alkyl halides is 3. The SMILES string of the molecule is Cc1cccc(-c2nc3nc(C#N)nc(N[C@H](CCCO[Si](C)(C)C(C)(C)C)C4CCC4)c3n2Cc2ccc(C(F)(F)F)cc2)c1. The Kier molecular flexibility index (Phi) is 9.62. The van der Waals surface area contributed by atoms with Crippen LogP contribution in [0.25, 0.3) is 22.6 Å². The van der Waals surface area contributed by atoms with Crippen molar-refractivity contribution in [3.63, 3.8) is 0 Å². The van der Waals surface area contributed by atoms with Crippen LogP contribution in [0.4, 0.5) is 19.0 Å². The molecule has 1 saturated carbocycles. The van der Waals surface area contributed by atoms with E-state index in [9.17, 15) is 18.4 Å². The van der Waals surface area contributed by atoms with Gasteiger partial charge in [0.1, 0.15) is 17.4 Å². The molecule has 1 aliphatic rings. The highest BCUT2D eigenvalue weighted by molar-refractivity contribution is 6.74. The van der Waals surface area contributed by atoms with E-state index in [1.54, 1.807) is 0 Å². The summed E-state index contributed by atoms with van der Waals surface area (Å²) in [5, 5.41) is 13.7. The van der Waals surface area contributed by atoms with Gasteiger partial charge in [-0.15, -0.1) is 0 Å². The minimum Gasteiger partial charge on any atom is -0.417 e. The third-order valence-corrected chi connectivity index (χ3v) is 14.1. The normalized spacial score (nSPS) is 15.0. The second-order valence-corrected chi connectivity index (χ2v) is 18.8. The summed E-state index contributed by atoms with van der Waals surface area (Å²) in [6.45, 7) is 14.2. The summed E-state index contributed by atoms with van der Waals surface area (Å²) in [6, 6.07) is 15.3. The zero-order valence-electron chi connectivity index (χ0n) is 27.5. The maximum Gasteiger partial charge on any atom is 0.416 e. The van der Waals surface area contributed by atoms with Gasteiger partial charge >= 0.3 is 6.18 Å². The first-order valence-corrected chi connectivity index (χ1v) is 18.9. The molecule has 0 spiro atoms. The first kappa shape index (κ1) is 33.6. The lowest BCUT2D eigenvalue weighted by molar-refractivity contribution is -0.137. The Hall–Kier alpha value is -3.75. The Morgan fingerprint density at radius 1 is 1.07 bits per heavy atom. The zero-order valence-corrected chi connectivity index (χ0v) is 28.5. The van der Waals surface area contributed by atoms with Gasteiger partial charge in [-0.2, -0.15) is 28.4 Å². The molecule has 1 N–H and O–H groups in total. The highest BCUT2D eigenvalue weighted by Crippen LogP contribution is 2.38. The van der Waals surface area contributed by atoms with Crippen LogP contribution in [-0.4, -0.2) is 40.5 Å². The summed E-state index contributed by atoms with van der Waals surface area (Å²) in [4.78, 5) is 14.0. The molecule has 2 aromatic heterocycles. The molecular formula is C35H43F3N6OSi. The Labute approximate surface area is 270 Å². The Morgan fingerprint density at radius 3 is 2.37 bits per heavy atom. The predicted octanol–water partition coefficient (Wildman–Crippen LogP) is 9.12. The molecule has 0 saturated heterocycles. The molecule has 244 valence electrons. The predicted molar refractivity (Wildman–Crippen MR) is 178 cm³/mol. The molecule has 1 fully saturated rings. The monoisotopic (exact) mass is 648 g/mol. The third-order valence-electron chi connectivity index (χ3n) is 9.57. The maximum atomic E-state index is 13.3. The van der Waals surface area contributed by atoms with Crippen molar-refractivity contribution in [2.75, 3.05) is 11.9 Å². The van der Waals surface area contributed by atoms with Crippen LogP contribution in [0.15, 0.2) is 48.5 Å². The van der Waals surface area contributed by atoms with Crippen molar-refractivity contribution in [2.24, 2.45) is 5.92 Å². The molecule has 0 amide bonds. The molecular weight excluding hydrogens is 606 g/mol. The molecule has 2 heterocycles. The lowest BCUT2D eigenvalue weighted by atomic mass is 9.78. The Morgan fingerprint density at radius 2 is 1.78 bits per heavy atom. The average Bonchev–Trinajstić information content (AvgIpc) is 3.31. The second-order valence-electron chi connectivity index (χ2n) is 14.0. The summed E-state index contributed by atoms with van der Waals surface area (Å²) in [6.07, 6.45) is 0.746. The smallest absolute Gasteiger partial charge is 0.416 e. The highest BCUT2D eigenvalue weighted by atomic mass is 28.4.